The van der Waals surface area contributed by atoms with Crippen molar-refractivity contribution in [3.63, 3.8) is 0 Å². The number of aliphatic hydroxyl groups is 1. The molecule has 0 spiro atoms. The molecule has 6 heteroatoms. The van der Waals surface area contributed by atoms with Crippen LogP contribution in [0, 0.1) is 0 Å². The van der Waals surface area contributed by atoms with Crippen LogP contribution in [0.2, 0.25) is 0 Å². The molecule has 0 saturated carbocycles. The molecule has 0 radical (unpaired) electrons. The lowest BCUT2D eigenvalue weighted by molar-refractivity contribution is -0.190. The van der Waals surface area contributed by atoms with E-state index in [1.165, 1.54) is 4.90 Å². The molecule has 1 atom stereocenters. The van der Waals surface area contributed by atoms with E-state index >= 15 is 0 Å². The average molecular weight is 228 g/mol. The van der Waals surface area contributed by atoms with Crippen molar-refractivity contribution in [3.8, 4) is 0 Å². The fourth-order valence-electron chi connectivity index (χ4n) is 1.56. The molecular weight excluding hydrogens is 209 g/mol. The third-order valence-corrected chi connectivity index (χ3v) is 2.24. The third-order valence-electron chi connectivity index (χ3n) is 2.24. The van der Waals surface area contributed by atoms with E-state index in [4.69, 9.17) is 10.8 Å². The number of alkyl halides is 3. The highest BCUT2D eigenvalue weighted by atomic mass is 19.4. The number of nitrogens with two attached hydrogens (primary N) is 1. The Hall–Kier alpha value is -0.330. The second-order valence-electron chi connectivity index (χ2n) is 3.69. The molecule has 92 valence electrons. The van der Waals surface area contributed by atoms with Crippen molar-refractivity contribution in [2.75, 3.05) is 19.7 Å². The Labute approximate surface area is 88.0 Å². The van der Waals surface area contributed by atoms with Gasteiger partial charge in [-0.25, -0.2) is 0 Å². The molecule has 0 aromatic heterocycles. The van der Waals surface area contributed by atoms with Gasteiger partial charge in [0.25, 0.3) is 0 Å². The fraction of sp³-hybridized carbons (Fsp3) is 1.00. The molecule has 0 aliphatic heterocycles. The van der Waals surface area contributed by atoms with Gasteiger partial charge in [0.15, 0.2) is 0 Å². The molecule has 0 aromatic rings. The van der Waals surface area contributed by atoms with Gasteiger partial charge < -0.3 is 10.8 Å². The molecule has 0 rings (SSSR count). The minimum Gasteiger partial charge on any atom is -0.395 e. The van der Waals surface area contributed by atoms with E-state index in [-0.39, 0.29) is 32.2 Å². The van der Waals surface area contributed by atoms with Crippen LogP contribution in [-0.4, -0.2) is 48.0 Å². The summed E-state index contributed by atoms with van der Waals surface area (Å²) in [6.45, 7) is 3.06. The fourth-order valence-corrected chi connectivity index (χ4v) is 1.56. The van der Waals surface area contributed by atoms with Crippen molar-refractivity contribution in [2.24, 2.45) is 5.73 Å². The van der Waals surface area contributed by atoms with Gasteiger partial charge in [0.1, 0.15) is 6.04 Å². The predicted octanol–water partition coefficient (Wildman–Crippen LogP) is 0.969. The summed E-state index contributed by atoms with van der Waals surface area (Å²) in [5.74, 6) is 0. The molecule has 0 heterocycles. The van der Waals surface area contributed by atoms with Gasteiger partial charge in [0, 0.05) is 12.6 Å². The first-order chi connectivity index (χ1) is 6.84. The summed E-state index contributed by atoms with van der Waals surface area (Å²) >= 11 is 0. The zero-order valence-electron chi connectivity index (χ0n) is 9.09. The lowest BCUT2D eigenvalue weighted by Crippen LogP contribution is -2.51. The number of aliphatic hydroxyl groups excluding tert-OH is 1. The maximum absolute atomic E-state index is 12.7. The Morgan fingerprint density at radius 2 is 1.87 bits per heavy atom. The van der Waals surface area contributed by atoms with Crippen LogP contribution < -0.4 is 5.73 Å². The summed E-state index contributed by atoms with van der Waals surface area (Å²) in [7, 11) is 0. The van der Waals surface area contributed by atoms with Crippen LogP contribution in [-0.2, 0) is 0 Å². The van der Waals surface area contributed by atoms with Gasteiger partial charge >= 0.3 is 6.18 Å². The number of hydrogen-bond acceptors (Lipinski definition) is 3. The molecule has 0 fully saturated rings. The molecule has 15 heavy (non-hydrogen) atoms. The van der Waals surface area contributed by atoms with Crippen molar-refractivity contribution in [2.45, 2.75) is 38.5 Å². The molecule has 0 saturated heterocycles. The van der Waals surface area contributed by atoms with Crippen molar-refractivity contribution in [3.05, 3.63) is 0 Å². The van der Waals surface area contributed by atoms with Gasteiger partial charge in [-0.15, -0.1) is 0 Å². The summed E-state index contributed by atoms with van der Waals surface area (Å²) in [6, 6.07) is -1.83. The van der Waals surface area contributed by atoms with E-state index in [0.29, 0.717) is 0 Å². The lowest BCUT2D eigenvalue weighted by Gasteiger charge is -2.35. The largest absolute Gasteiger partial charge is 0.404 e. The Kier molecular flexibility index (Phi) is 6.16. The van der Waals surface area contributed by atoms with Crippen molar-refractivity contribution in [1.29, 1.82) is 0 Å². The van der Waals surface area contributed by atoms with E-state index in [0.717, 1.165) is 0 Å². The summed E-state index contributed by atoms with van der Waals surface area (Å²) in [6.07, 6.45) is -4.43. The van der Waals surface area contributed by atoms with Gasteiger partial charge in [-0.3, -0.25) is 4.90 Å². The first-order valence-corrected chi connectivity index (χ1v) is 4.98. The van der Waals surface area contributed by atoms with Gasteiger partial charge in [-0.2, -0.15) is 13.2 Å². The maximum Gasteiger partial charge on any atom is 0.404 e. The molecule has 0 aliphatic carbocycles. The Morgan fingerprint density at radius 3 is 2.13 bits per heavy atom. The first-order valence-electron chi connectivity index (χ1n) is 4.98. The Morgan fingerprint density at radius 1 is 1.33 bits per heavy atom. The van der Waals surface area contributed by atoms with Crippen LogP contribution in [0.5, 0.6) is 0 Å². The number of nitrogens with zero attached hydrogens (tertiary/aromatic N) is 1. The zero-order chi connectivity index (χ0) is 12.1. The van der Waals surface area contributed by atoms with Gasteiger partial charge in [0.2, 0.25) is 0 Å². The number of halogens is 3. The second-order valence-corrected chi connectivity index (χ2v) is 3.69. The van der Waals surface area contributed by atoms with Crippen LogP contribution in [0.1, 0.15) is 20.3 Å². The molecule has 0 amide bonds. The predicted molar refractivity (Wildman–Crippen MR) is 52.4 cm³/mol. The van der Waals surface area contributed by atoms with Crippen LogP contribution in [0.4, 0.5) is 13.2 Å². The number of rotatable bonds is 6. The Balaban J connectivity index is 4.67. The SMILES string of the molecule is CC(C)N(CCO)C(CCN)C(F)(F)F. The monoisotopic (exact) mass is 228 g/mol. The molecule has 3 N–H and O–H groups in total. The first kappa shape index (κ1) is 14.7. The summed E-state index contributed by atoms with van der Waals surface area (Å²) in [5, 5.41) is 8.73. The zero-order valence-corrected chi connectivity index (χ0v) is 9.09. The summed E-state index contributed by atoms with van der Waals surface area (Å²) in [4.78, 5) is 1.23. The minimum atomic E-state index is -4.29. The Bertz CT molecular complexity index is 173. The van der Waals surface area contributed by atoms with Crippen LogP contribution >= 0.6 is 0 Å². The van der Waals surface area contributed by atoms with Crippen LogP contribution in [0.25, 0.3) is 0 Å². The van der Waals surface area contributed by atoms with Crippen molar-refractivity contribution < 1.29 is 18.3 Å². The topological polar surface area (TPSA) is 49.5 Å². The normalized spacial score (nSPS) is 15.0. The summed E-state index contributed by atoms with van der Waals surface area (Å²) in [5.41, 5.74) is 5.17. The van der Waals surface area contributed by atoms with Crippen LogP contribution in [0.15, 0.2) is 0 Å². The highest BCUT2D eigenvalue weighted by Gasteiger charge is 2.43. The molecule has 0 aliphatic rings. The van der Waals surface area contributed by atoms with Crippen LogP contribution in [0.3, 0.4) is 0 Å². The van der Waals surface area contributed by atoms with Gasteiger partial charge in [-0.05, 0) is 26.8 Å². The second kappa shape index (κ2) is 6.30. The molecule has 0 bridgehead atoms. The quantitative estimate of drug-likeness (QED) is 0.712. The molecule has 0 aromatic carbocycles. The highest BCUT2D eigenvalue weighted by molar-refractivity contribution is 4.81. The van der Waals surface area contributed by atoms with E-state index < -0.39 is 12.2 Å². The highest BCUT2D eigenvalue weighted by Crippen LogP contribution is 2.28. The number of hydrogen-bond donors (Lipinski definition) is 2. The molecular formula is C9H19F3N2O. The third kappa shape index (κ3) is 4.81. The van der Waals surface area contributed by atoms with E-state index in [9.17, 15) is 13.2 Å². The van der Waals surface area contributed by atoms with Gasteiger partial charge in [-0.1, -0.05) is 0 Å². The standard InChI is InChI=1S/C9H19F3N2O/c1-7(2)14(5-6-15)8(3-4-13)9(10,11)12/h7-8,15H,3-6,13H2,1-2H3. The molecule has 3 nitrogen and oxygen atoms in total. The minimum absolute atomic E-state index is 0.0151. The van der Waals surface area contributed by atoms with Crippen molar-refractivity contribution in [1.82, 2.24) is 4.90 Å². The van der Waals surface area contributed by atoms with Crippen molar-refractivity contribution >= 4 is 0 Å². The smallest absolute Gasteiger partial charge is 0.395 e. The molecule has 1 unspecified atom stereocenters. The average Bonchev–Trinajstić information content (AvgIpc) is 2.09. The maximum atomic E-state index is 12.7. The van der Waals surface area contributed by atoms with E-state index in [1.807, 2.05) is 0 Å². The van der Waals surface area contributed by atoms with Gasteiger partial charge in [0.05, 0.1) is 6.61 Å². The van der Waals surface area contributed by atoms with E-state index in [2.05, 4.69) is 0 Å². The van der Waals surface area contributed by atoms with E-state index in [1.54, 1.807) is 13.8 Å². The lowest BCUT2D eigenvalue weighted by atomic mass is 10.1. The summed E-state index contributed by atoms with van der Waals surface area (Å²) < 4.78 is 38.0.